The second-order valence-corrected chi connectivity index (χ2v) is 7.30. The van der Waals surface area contributed by atoms with E-state index in [0.717, 1.165) is 25.8 Å². The fraction of sp³-hybridized carbons (Fsp3) is 0.400. The molecule has 2 aliphatic rings. The number of hydrogen-bond acceptors (Lipinski definition) is 5. The molecule has 8 heteroatoms. The standard InChI is InChI=1S/C20H21N5O3/c1-23-18(21-14-7-3-2-6-13(14)19(23)26)16-8-4-9-24(16)20(27)15-12-17-25(22-15)10-5-11-28-17/h2-3,6-7,12,16H,4-5,8-11H2,1H3. The molecule has 1 aromatic carbocycles. The molecular weight excluding hydrogens is 358 g/mol. The summed E-state index contributed by atoms with van der Waals surface area (Å²) in [4.78, 5) is 32.5. The SMILES string of the molecule is Cn1c(C2CCCN2C(=O)c2cc3n(n2)CCCO3)nc2ccccc2c1=O. The van der Waals surface area contributed by atoms with Crippen molar-refractivity contribution in [1.82, 2.24) is 24.2 Å². The molecule has 28 heavy (non-hydrogen) atoms. The molecule has 0 spiro atoms. The Hall–Kier alpha value is -3.16. The van der Waals surface area contributed by atoms with E-state index < -0.39 is 0 Å². The Balaban J connectivity index is 1.53. The first-order valence-electron chi connectivity index (χ1n) is 9.61. The predicted molar refractivity (Wildman–Crippen MR) is 102 cm³/mol. The first kappa shape index (κ1) is 17.0. The Morgan fingerprint density at radius 3 is 2.93 bits per heavy atom. The number of likely N-dealkylation sites (tertiary alicyclic amines) is 1. The molecule has 0 radical (unpaired) electrons. The van der Waals surface area contributed by atoms with Crippen molar-refractivity contribution in [2.24, 2.45) is 7.05 Å². The number of amides is 1. The second-order valence-electron chi connectivity index (χ2n) is 7.30. The van der Waals surface area contributed by atoms with Gasteiger partial charge in [-0.1, -0.05) is 12.1 Å². The molecule has 5 rings (SSSR count). The zero-order valence-electron chi connectivity index (χ0n) is 15.7. The molecule has 4 heterocycles. The van der Waals surface area contributed by atoms with Gasteiger partial charge in [-0.25, -0.2) is 9.67 Å². The maximum atomic E-state index is 13.2. The van der Waals surface area contributed by atoms with Crippen molar-refractivity contribution in [3.63, 3.8) is 0 Å². The molecule has 8 nitrogen and oxygen atoms in total. The van der Waals surface area contributed by atoms with Gasteiger partial charge in [0, 0.05) is 32.6 Å². The van der Waals surface area contributed by atoms with Crippen molar-refractivity contribution in [3.8, 4) is 5.88 Å². The Morgan fingerprint density at radius 1 is 1.21 bits per heavy atom. The maximum Gasteiger partial charge on any atom is 0.275 e. The van der Waals surface area contributed by atoms with Gasteiger partial charge in [0.15, 0.2) is 5.69 Å². The van der Waals surface area contributed by atoms with Crippen molar-refractivity contribution in [3.05, 3.63) is 52.2 Å². The fourth-order valence-electron chi connectivity index (χ4n) is 4.13. The Morgan fingerprint density at radius 2 is 2.07 bits per heavy atom. The number of para-hydroxylation sites is 1. The normalized spacial score (nSPS) is 18.9. The zero-order chi connectivity index (χ0) is 19.3. The van der Waals surface area contributed by atoms with Crippen molar-refractivity contribution in [2.45, 2.75) is 31.8 Å². The Kier molecular flexibility index (Phi) is 3.92. The highest BCUT2D eigenvalue weighted by molar-refractivity contribution is 5.93. The molecule has 0 aliphatic carbocycles. The third-order valence-corrected chi connectivity index (χ3v) is 5.56. The average molecular weight is 379 g/mol. The van der Waals surface area contributed by atoms with Gasteiger partial charge < -0.3 is 9.64 Å². The number of aryl methyl sites for hydroxylation is 1. The first-order valence-corrected chi connectivity index (χ1v) is 9.61. The van der Waals surface area contributed by atoms with Crippen LogP contribution in [0.5, 0.6) is 5.88 Å². The van der Waals surface area contributed by atoms with E-state index in [1.807, 2.05) is 18.2 Å². The van der Waals surface area contributed by atoms with E-state index >= 15 is 0 Å². The number of fused-ring (bicyclic) bond motifs is 2. The molecular formula is C20H21N5O3. The largest absolute Gasteiger partial charge is 0.478 e. The molecule has 0 N–H and O–H groups in total. The van der Waals surface area contributed by atoms with E-state index in [1.54, 1.807) is 33.3 Å². The van der Waals surface area contributed by atoms with Crippen LogP contribution in [0.25, 0.3) is 10.9 Å². The topological polar surface area (TPSA) is 82.2 Å². The van der Waals surface area contributed by atoms with E-state index in [2.05, 4.69) is 5.10 Å². The van der Waals surface area contributed by atoms with Crippen LogP contribution in [0.1, 0.15) is 41.6 Å². The molecule has 144 valence electrons. The molecule has 0 saturated carbocycles. The highest BCUT2D eigenvalue weighted by Crippen LogP contribution is 2.32. The van der Waals surface area contributed by atoms with Gasteiger partial charge in [0.1, 0.15) is 5.82 Å². The summed E-state index contributed by atoms with van der Waals surface area (Å²) in [5.74, 6) is 1.12. The van der Waals surface area contributed by atoms with Crippen molar-refractivity contribution >= 4 is 16.8 Å². The van der Waals surface area contributed by atoms with Crippen LogP contribution in [0.4, 0.5) is 0 Å². The molecule has 2 aromatic heterocycles. The van der Waals surface area contributed by atoms with E-state index in [9.17, 15) is 9.59 Å². The number of aromatic nitrogens is 4. The molecule has 1 unspecified atom stereocenters. The van der Waals surface area contributed by atoms with E-state index in [0.29, 0.717) is 41.5 Å². The summed E-state index contributed by atoms with van der Waals surface area (Å²) in [6.45, 7) is 2.02. The van der Waals surface area contributed by atoms with E-state index in [-0.39, 0.29) is 17.5 Å². The van der Waals surface area contributed by atoms with Crippen molar-refractivity contribution in [2.75, 3.05) is 13.2 Å². The number of benzene rings is 1. The lowest BCUT2D eigenvalue weighted by atomic mass is 10.1. The summed E-state index contributed by atoms with van der Waals surface area (Å²) in [5, 5.41) is 5.01. The average Bonchev–Trinajstić information content (AvgIpc) is 3.37. The number of rotatable bonds is 2. The van der Waals surface area contributed by atoms with Crippen LogP contribution in [-0.2, 0) is 13.6 Å². The van der Waals surface area contributed by atoms with Gasteiger partial charge in [-0.2, -0.15) is 5.10 Å². The van der Waals surface area contributed by atoms with Gasteiger partial charge in [0.05, 0.1) is 23.6 Å². The summed E-state index contributed by atoms with van der Waals surface area (Å²) < 4.78 is 8.89. The van der Waals surface area contributed by atoms with Crippen molar-refractivity contribution < 1.29 is 9.53 Å². The van der Waals surface area contributed by atoms with Crippen LogP contribution in [-0.4, -0.2) is 43.3 Å². The maximum absolute atomic E-state index is 13.2. The second kappa shape index (κ2) is 6.47. The quantitative estimate of drug-likeness (QED) is 0.679. The summed E-state index contributed by atoms with van der Waals surface area (Å²) >= 11 is 0. The summed E-state index contributed by atoms with van der Waals surface area (Å²) in [6, 6.07) is 8.78. The number of carbonyl (C=O) groups excluding carboxylic acids is 1. The van der Waals surface area contributed by atoms with Crippen LogP contribution in [0.2, 0.25) is 0 Å². The number of carbonyl (C=O) groups is 1. The minimum absolute atomic E-state index is 0.0919. The van der Waals surface area contributed by atoms with Crippen LogP contribution in [0.15, 0.2) is 35.1 Å². The fourth-order valence-corrected chi connectivity index (χ4v) is 4.13. The molecule has 1 saturated heterocycles. The summed E-state index contributed by atoms with van der Waals surface area (Å²) in [6.07, 6.45) is 2.52. The highest BCUT2D eigenvalue weighted by atomic mass is 16.5. The van der Waals surface area contributed by atoms with Crippen molar-refractivity contribution in [1.29, 1.82) is 0 Å². The smallest absolute Gasteiger partial charge is 0.275 e. The van der Waals surface area contributed by atoms with Gasteiger partial charge in [0.2, 0.25) is 5.88 Å². The van der Waals surface area contributed by atoms with Gasteiger partial charge in [-0.3, -0.25) is 14.2 Å². The lowest BCUT2D eigenvalue weighted by Crippen LogP contribution is -2.35. The first-order chi connectivity index (χ1) is 13.6. The van der Waals surface area contributed by atoms with Gasteiger partial charge in [-0.15, -0.1) is 0 Å². The lowest BCUT2D eigenvalue weighted by molar-refractivity contribution is 0.0720. The molecule has 3 aromatic rings. The van der Waals surface area contributed by atoms with Gasteiger partial charge >= 0.3 is 0 Å². The number of ether oxygens (including phenoxy) is 1. The van der Waals surface area contributed by atoms with Crippen LogP contribution >= 0.6 is 0 Å². The molecule has 0 bridgehead atoms. The molecule has 2 aliphatic heterocycles. The predicted octanol–water partition coefficient (Wildman–Crippen LogP) is 1.89. The summed E-state index contributed by atoms with van der Waals surface area (Å²) in [7, 11) is 1.72. The minimum atomic E-state index is -0.241. The van der Waals surface area contributed by atoms with Crippen LogP contribution in [0, 0.1) is 0 Å². The minimum Gasteiger partial charge on any atom is -0.478 e. The zero-order valence-corrected chi connectivity index (χ0v) is 15.7. The Bertz CT molecular complexity index is 1110. The lowest BCUT2D eigenvalue weighted by Gasteiger charge is -2.25. The van der Waals surface area contributed by atoms with Crippen LogP contribution in [0.3, 0.4) is 0 Å². The number of hydrogen-bond donors (Lipinski definition) is 0. The van der Waals surface area contributed by atoms with Crippen LogP contribution < -0.4 is 10.3 Å². The van der Waals surface area contributed by atoms with E-state index in [1.165, 1.54) is 0 Å². The molecule has 1 fully saturated rings. The van der Waals surface area contributed by atoms with Gasteiger partial charge in [-0.05, 0) is 25.0 Å². The third kappa shape index (κ3) is 2.59. The molecule has 1 atom stereocenters. The third-order valence-electron chi connectivity index (χ3n) is 5.56. The summed E-state index contributed by atoms with van der Waals surface area (Å²) in [5.41, 5.74) is 0.950. The Labute approximate surface area is 161 Å². The monoisotopic (exact) mass is 379 g/mol. The number of nitrogens with zero attached hydrogens (tertiary/aromatic N) is 5. The van der Waals surface area contributed by atoms with E-state index in [4.69, 9.17) is 9.72 Å². The van der Waals surface area contributed by atoms with Gasteiger partial charge in [0.25, 0.3) is 11.5 Å². The molecule has 1 amide bonds. The highest BCUT2D eigenvalue weighted by Gasteiger charge is 2.35.